The van der Waals surface area contributed by atoms with E-state index in [4.69, 9.17) is 11.6 Å². The van der Waals surface area contributed by atoms with Crippen LogP contribution in [0, 0.1) is 10.1 Å². The second-order valence-corrected chi connectivity index (χ2v) is 5.92. The third-order valence-corrected chi connectivity index (χ3v) is 4.36. The van der Waals surface area contributed by atoms with Crippen LogP contribution in [0.3, 0.4) is 0 Å². The summed E-state index contributed by atoms with van der Waals surface area (Å²) in [7, 11) is 0. The van der Waals surface area contributed by atoms with Crippen LogP contribution in [-0.4, -0.2) is 11.5 Å². The van der Waals surface area contributed by atoms with Gasteiger partial charge in [-0.15, -0.1) is 0 Å². The first-order chi connectivity index (χ1) is 10.1. The molecule has 0 radical (unpaired) electrons. The van der Waals surface area contributed by atoms with Gasteiger partial charge in [-0.05, 0) is 36.4 Å². The number of hydrogen-bond acceptors (Lipinski definition) is 4. The average molecular weight is 323 g/mol. The van der Waals surface area contributed by atoms with Crippen LogP contribution in [0.5, 0.6) is 0 Å². The summed E-state index contributed by atoms with van der Waals surface area (Å²) in [5.41, 5.74) is 1.22. The zero-order valence-electron chi connectivity index (χ0n) is 11.5. The largest absolute Gasteiger partial charge is 0.313 e. The van der Waals surface area contributed by atoms with E-state index in [0.29, 0.717) is 5.02 Å². The molecule has 110 valence electrons. The first-order valence-electron chi connectivity index (χ1n) is 6.51. The smallest absolute Gasteiger partial charge is 0.269 e. The normalized spacial score (nSPS) is 10.6. The van der Waals surface area contributed by atoms with E-state index in [9.17, 15) is 10.1 Å². The van der Waals surface area contributed by atoms with Gasteiger partial charge in [0, 0.05) is 28.5 Å². The van der Waals surface area contributed by atoms with Crippen molar-refractivity contribution >= 4 is 29.1 Å². The van der Waals surface area contributed by atoms with Crippen molar-refractivity contribution in [3.8, 4) is 0 Å². The highest BCUT2D eigenvalue weighted by atomic mass is 35.5. The number of nitrogens with one attached hydrogen (secondary N) is 1. The fourth-order valence-corrected chi connectivity index (χ4v) is 2.91. The lowest BCUT2D eigenvalue weighted by molar-refractivity contribution is -0.384. The molecule has 21 heavy (non-hydrogen) atoms. The summed E-state index contributed by atoms with van der Waals surface area (Å²) >= 11 is 7.78. The van der Waals surface area contributed by atoms with E-state index < -0.39 is 4.92 Å². The standard InChI is InChI=1S/C15H15ClN2O2S/c1-2-17-10-11-3-8-15(14(16)9-11)21-13-6-4-12(5-7-13)18(19)20/h3-9,17H,2,10H2,1H3. The number of rotatable bonds is 6. The molecule has 0 fully saturated rings. The summed E-state index contributed by atoms with van der Waals surface area (Å²) < 4.78 is 0. The van der Waals surface area contributed by atoms with Crippen molar-refractivity contribution in [3.05, 3.63) is 63.2 Å². The number of benzene rings is 2. The molecule has 0 amide bonds. The molecule has 6 heteroatoms. The van der Waals surface area contributed by atoms with Gasteiger partial charge in [0.1, 0.15) is 0 Å². The Morgan fingerprint density at radius 1 is 1.24 bits per heavy atom. The predicted molar refractivity (Wildman–Crippen MR) is 86.1 cm³/mol. The van der Waals surface area contributed by atoms with Gasteiger partial charge in [0.25, 0.3) is 5.69 Å². The Kier molecular flexibility index (Phi) is 5.61. The lowest BCUT2D eigenvalue weighted by Gasteiger charge is -2.07. The molecular formula is C15H15ClN2O2S. The van der Waals surface area contributed by atoms with Gasteiger partial charge >= 0.3 is 0 Å². The molecule has 0 bridgehead atoms. The lowest BCUT2D eigenvalue weighted by Crippen LogP contribution is -2.11. The summed E-state index contributed by atoms with van der Waals surface area (Å²) in [5.74, 6) is 0. The molecule has 0 saturated heterocycles. The van der Waals surface area contributed by atoms with Crippen molar-refractivity contribution in [2.45, 2.75) is 23.3 Å². The topological polar surface area (TPSA) is 55.2 Å². The maximum absolute atomic E-state index is 10.6. The van der Waals surface area contributed by atoms with Crippen molar-refractivity contribution in [3.63, 3.8) is 0 Å². The second-order valence-electron chi connectivity index (χ2n) is 4.40. The SMILES string of the molecule is CCNCc1ccc(Sc2ccc([N+](=O)[O-])cc2)c(Cl)c1. The van der Waals surface area contributed by atoms with E-state index >= 15 is 0 Å². The minimum Gasteiger partial charge on any atom is -0.313 e. The Hall–Kier alpha value is -1.56. The van der Waals surface area contributed by atoms with Gasteiger partial charge in [0.05, 0.1) is 9.95 Å². The zero-order chi connectivity index (χ0) is 15.2. The van der Waals surface area contributed by atoms with E-state index in [1.54, 1.807) is 12.1 Å². The highest BCUT2D eigenvalue weighted by molar-refractivity contribution is 7.99. The Balaban J connectivity index is 2.10. The van der Waals surface area contributed by atoms with Crippen LogP contribution in [0.15, 0.2) is 52.3 Å². The van der Waals surface area contributed by atoms with Crippen LogP contribution in [0.4, 0.5) is 5.69 Å². The Morgan fingerprint density at radius 2 is 1.95 bits per heavy atom. The minimum absolute atomic E-state index is 0.0893. The number of nitro benzene ring substituents is 1. The van der Waals surface area contributed by atoms with Gasteiger partial charge in [0.2, 0.25) is 0 Å². The van der Waals surface area contributed by atoms with E-state index in [2.05, 4.69) is 12.2 Å². The molecule has 1 N–H and O–H groups in total. The van der Waals surface area contributed by atoms with Crippen LogP contribution in [-0.2, 0) is 6.54 Å². The molecule has 0 heterocycles. The Morgan fingerprint density at radius 3 is 2.52 bits per heavy atom. The maximum Gasteiger partial charge on any atom is 0.269 e. The number of non-ortho nitro benzene ring substituents is 1. The molecule has 2 aromatic rings. The van der Waals surface area contributed by atoms with Crippen molar-refractivity contribution in [2.24, 2.45) is 0 Å². The molecule has 0 aliphatic heterocycles. The molecule has 2 rings (SSSR count). The molecule has 0 atom stereocenters. The van der Waals surface area contributed by atoms with Crippen LogP contribution < -0.4 is 5.32 Å². The first-order valence-corrected chi connectivity index (χ1v) is 7.71. The zero-order valence-corrected chi connectivity index (χ0v) is 13.1. The third-order valence-electron chi connectivity index (χ3n) is 2.85. The first kappa shape index (κ1) is 15.8. The second kappa shape index (κ2) is 7.45. The quantitative estimate of drug-likeness (QED) is 0.628. The van der Waals surface area contributed by atoms with Gasteiger partial charge in [-0.2, -0.15) is 0 Å². The molecule has 0 aromatic heterocycles. The molecule has 0 unspecified atom stereocenters. The molecule has 0 aliphatic rings. The average Bonchev–Trinajstić information content (AvgIpc) is 2.48. The minimum atomic E-state index is -0.406. The van der Waals surface area contributed by atoms with Gasteiger partial charge in [-0.25, -0.2) is 0 Å². The molecule has 0 aliphatic carbocycles. The van der Waals surface area contributed by atoms with Crippen LogP contribution >= 0.6 is 23.4 Å². The highest BCUT2D eigenvalue weighted by Gasteiger charge is 2.07. The van der Waals surface area contributed by atoms with E-state index in [-0.39, 0.29) is 5.69 Å². The highest BCUT2D eigenvalue weighted by Crippen LogP contribution is 2.34. The fraction of sp³-hybridized carbons (Fsp3) is 0.200. The summed E-state index contributed by atoms with van der Waals surface area (Å²) in [6.45, 7) is 3.76. The Labute approximate surface area is 132 Å². The summed E-state index contributed by atoms with van der Waals surface area (Å²) in [5, 5.41) is 14.6. The number of nitro groups is 1. The maximum atomic E-state index is 10.6. The third kappa shape index (κ3) is 4.46. The molecule has 0 saturated carbocycles. The van der Waals surface area contributed by atoms with Gasteiger partial charge in [-0.1, -0.05) is 36.4 Å². The fourth-order valence-electron chi connectivity index (χ4n) is 1.77. The number of halogens is 1. The van der Waals surface area contributed by atoms with E-state index in [0.717, 1.165) is 28.4 Å². The van der Waals surface area contributed by atoms with Gasteiger partial charge < -0.3 is 5.32 Å². The van der Waals surface area contributed by atoms with Crippen LogP contribution in [0.1, 0.15) is 12.5 Å². The molecule has 0 spiro atoms. The van der Waals surface area contributed by atoms with Crippen molar-refractivity contribution in [1.82, 2.24) is 5.32 Å². The number of hydrogen-bond donors (Lipinski definition) is 1. The van der Waals surface area contributed by atoms with Gasteiger partial charge in [0.15, 0.2) is 0 Å². The van der Waals surface area contributed by atoms with Crippen molar-refractivity contribution in [2.75, 3.05) is 6.54 Å². The van der Waals surface area contributed by atoms with Crippen LogP contribution in [0.2, 0.25) is 5.02 Å². The number of nitrogens with zero attached hydrogens (tertiary/aromatic N) is 1. The van der Waals surface area contributed by atoms with Crippen molar-refractivity contribution < 1.29 is 4.92 Å². The lowest BCUT2D eigenvalue weighted by atomic mass is 10.2. The Bertz CT molecular complexity index is 632. The van der Waals surface area contributed by atoms with Gasteiger partial charge in [-0.3, -0.25) is 10.1 Å². The molecule has 2 aromatic carbocycles. The molecule has 4 nitrogen and oxygen atoms in total. The van der Waals surface area contributed by atoms with E-state index in [1.807, 2.05) is 18.2 Å². The van der Waals surface area contributed by atoms with Crippen LogP contribution in [0.25, 0.3) is 0 Å². The van der Waals surface area contributed by atoms with E-state index in [1.165, 1.54) is 23.9 Å². The predicted octanol–water partition coefficient (Wildman–Crippen LogP) is 4.51. The monoisotopic (exact) mass is 322 g/mol. The van der Waals surface area contributed by atoms with Crippen molar-refractivity contribution in [1.29, 1.82) is 0 Å². The summed E-state index contributed by atoms with van der Waals surface area (Å²) in [6, 6.07) is 12.4. The summed E-state index contributed by atoms with van der Waals surface area (Å²) in [4.78, 5) is 12.1. The summed E-state index contributed by atoms with van der Waals surface area (Å²) in [6.07, 6.45) is 0. The molecular weight excluding hydrogens is 308 g/mol.